The maximum absolute atomic E-state index is 13.3. The zero-order valence-electron chi connectivity index (χ0n) is 18.7. The molecule has 2 N–H and O–H groups in total. The van der Waals surface area contributed by atoms with Crippen LogP contribution in [0.15, 0.2) is 87.7 Å². The van der Waals surface area contributed by atoms with Crippen molar-refractivity contribution in [3.63, 3.8) is 0 Å². The number of rotatable bonds is 6. The number of hydrogen-bond donors (Lipinski definition) is 2. The number of nitriles is 1. The Morgan fingerprint density at radius 3 is 2.57 bits per heavy atom. The lowest BCUT2D eigenvalue weighted by Gasteiger charge is -2.29. The van der Waals surface area contributed by atoms with E-state index in [-0.39, 0.29) is 17.6 Å². The van der Waals surface area contributed by atoms with Gasteiger partial charge in [0.15, 0.2) is 0 Å². The number of carbonyl (C=O) groups is 2. The van der Waals surface area contributed by atoms with E-state index in [1.165, 1.54) is 23.1 Å². The van der Waals surface area contributed by atoms with Gasteiger partial charge in [-0.2, -0.15) is 16.6 Å². The first-order valence-corrected chi connectivity index (χ1v) is 13.0. The Kier molecular flexibility index (Phi) is 8.03. The van der Waals surface area contributed by atoms with Crippen molar-refractivity contribution in [1.29, 1.82) is 5.26 Å². The summed E-state index contributed by atoms with van der Waals surface area (Å²) in [6.45, 7) is 1.76. The Hall–Kier alpha value is -3.38. The number of benzene rings is 2. The van der Waals surface area contributed by atoms with Gasteiger partial charge in [0.1, 0.15) is 5.92 Å². The number of hydrogen-bond acceptors (Lipinski definition) is 6. The van der Waals surface area contributed by atoms with E-state index in [1.54, 1.807) is 43.3 Å². The van der Waals surface area contributed by atoms with Gasteiger partial charge < -0.3 is 10.6 Å². The molecule has 0 saturated heterocycles. The van der Waals surface area contributed by atoms with Crippen LogP contribution in [0.4, 0.5) is 11.4 Å². The first kappa shape index (κ1) is 24.7. The fourth-order valence-electron chi connectivity index (χ4n) is 3.82. The number of nitrogens with one attached hydrogen (secondary N) is 2. The third-order valence-corrected chi connectivity index (χ3v) is 7.34. The lowest BCUT2D eigenvalue weighted by Crippen LogP contribution is -2.31. The van der Waals surface area contributed by atoms with Gasteiger partial charge in [0, 0.05) is 33.6 Å². The van der Waals surface area contributed by atoms with Crippen LogP contribution in [0.25, 0.3) is 0 Å². The molecule has 2 aromatic carbocycles. The van der Waals surface area contributed by atoms with E-state index in [0.29, 0.717) is 32.7 Å². The maximum atomic E-state index is 13.3. The zero-order chi connectivity index (χ0) is 24.8. The molecule has 4 rings (SSSR count). The van der Waals surface area contributed by atoms with Crippen molar-refractivity contribution in [1.82, 2.24) is 0 Å². The van der Waals surface area contributed by atoms with Crippen LogP contribution in [0, 0.1) is 17.2 Å². The SMILES string of the molecule is CC1=C(C(=O)Nc2ccccc2)C(c2ccsc2)C(C#N)C(SCC(=O)Nc2cccc(Cl)c2)=N1. The van der Waals surface area contributed by atoms with Gasteiger partial charge in [-0.3, -0.25) is 9.59 Å². The van der Waals surface area contributed by atoms with E-state index in [1.807, 2.05) is 35.0 Å². The average Bonchev–Trinajstić information content (AvgIpc) is 3.37. The molecule has 1 aliphatic rings. The number of halogens is 1. The molecule has 2 heterocycles. The first-order valence-electron chi connectivity index (χ1n) is 10.7. The van der Waals surface area contributed by atoms with Gasteiger partial charge >= 0.3 is 0 Å². The molecular weight excluding hydrogens is 500 g/mol. The summed E-state index contributed by atoms with van der Waals surface area (Å²) >= 11 is 8.69. The van der Waals surface area contributed by atoms with E-state index in [9.17, 15) is 14.9 Å². The van der Waals surface area contributed by atoms with E-state index in [2.05, 4.69) is 21.7 Å². The highest BCUT2D eigenvalue weighted by Crippen LogP contribution is 2.42. The van der Waals surface area contributed by atoms with Crippen LogP contribution in [0.3, 0.4) is 0 Å². The van der Waals surface area contributed by atoms with Crippen molar-refractivity contribution in [3.8, 4) is 6.07 Å². The van der Waals surface area contributed by atoms with Crippen LogP contribution in [-0.4, -0.2) is 22.6 Å². The summed E-state index contributed by atoms with van der Waals surface area (Å²) in [5.74, 6) is -1.66. The second-order valence-electron chi connectivity index (χ2n) is 7.76. The largest absolute Gasteiger partial charge is 0.325 e. The van der Waals surface area contributed by atoms with Crippen LogP contribution in [-0.2, 0) is 9.59 Å². The Labute approximate surface area is 216 Å². The summed E-state index contributed by atoms with van der Waals surface area (Å²) in [4.78, 5) is 30.5. The number of carbonyl (C=O) groups excluding carboxylic acids is 2. The molecule has 35 heavy (non-hydrogen) atoms. The highest BCUT2D eigenvalue weighted by molar-refractivity contribution is 8.14. The van der Waals surface area contributed by atoms with Crippen LogP contribution in [0.5, 0.6) is 0 Å². The molecule has 3 aromatic rings. The van der Waals surface area contributed by atoms with Crippen molar-refractivity contribution in [3.05, 3.63) is 93.3 Å². The number of allylic oxidation sites excluding steroid dienone is 1. The average molecular weight is 521 g/mol. The summed E-state index contributed by atoms with van der Waals surface area (Å²) in [7, 11) is 0. The predicted octanol–water partition coefficient (Wildman–Crippen LogP) is 6.32. The minimum absolute atomic E-state index is 0.0682. The molecule has 2 unspecified atom stereocenters. The van der Waals surface area contributed by atoms with Crippen LogP contribution in [0.1, 0.15) is 18.4 Å². The van der Waals surface area contributed by atoms with E-state index in [0.717, 1.165) is 5.56 Å². The van der Waals surface area contributed by atoms with Crippen molar-refractivity contribution in [2.24, 2.45) is 10.9 Å². The number of para-hydroxylation sites is 1. The highest BCUT2D eigenvalue weighted by atomic mass is 35.5. The van der Waals surface area contributed by atoms with Crippen LogP contribution >= 0.6 is 34.7 Å². The van der Waals surface area contributed by atoms with Gasteiger partial charge in [0.05, 0.1) is 16.9 Å². The fraction of sp³-hybridized carbons (Fsp3) is 0.154. The van der Waals surface area contributed by atoms with Gasteiger partial charge in [0.25, 0.3) is 5.91 Å². The van der Waals surface area contributed by atoms with Gasteiger partial charge in [-0.1, -0.05) is 47.6 Å². The topological polar surface area (TPSA) is 94.4 Å². The number of thioether (sulfide) groups is 1. The van der Waals surface area contributed by atoms with Crippen LogP contribution in [0.2, 0.25) is 5.02 Å². The molecule has 2 amide bonds. The van der Waals surface area contributed by atoms with Gasteiger partial charge in [-0.25, -0.2) is 4.99 Å². The molecule has 176 valence electrons. The summed E-state index contributed by atoms with van der Waals surface area (Å²) in [5.41, 5.74) is 3.11. The molecule has 6 nitrogen and oxygen atoms in total. The number of nitrogens with zero attached hydrogens (tertiary/aromatic N) is 2. The second-order valence-corrected chi connectivity index (χ2v) is 9.97. The van der Waals surface area contributed by atoms with Crippen LogP contribution < -0.4 is 10.6 Å². The second kappa shape index (κ2) is 11.4. The van der Waals surface area contributed by atoms with Gasteiger partial charge in [-0.05, 0) is 59.6 Å². The lowest BCUT2D eigenvalue weighted by molar-refractivity contribution is -0.114. The van der Waals surface area contributed by atoms with Crippen molar-refractivity contribution >= 4 is 62.9 Å². The number of amides is 2. The van der Waals surface area contributed by atoms with Crippen molar-refractivity contribution < 1.29 is 9.59 Å². The molecule has 0 fully saturated rings. The normalized spacial score (nSPS) is 17.3. The van der Waals surface area contributed by atoms with E-state index in [4.69, 9.17) is 11.6 Å². The Bertz CT molecular complexity index is 1330. The summed E-state index contributed by atoms with van der Waals surface area (Å²) in [6, 6.07) is 20.3. The summed E-state index contributed by atoms with van der Waals surface area (Å²) in [5, 5.41) is 20.8. The third-order valence-electron chi connectivity index (χ3n) is 5.36. The van der Waals surface area contributed by atoms with Gasteiger partial charge in [-0.15, -0.1) is 0 Å². The minimum atomic E-state index is -0.700. The molecular formula is C26H21ClN4O2S2. The number of thiophene rings is 1. The Morgan fingerprint density at radius 2 is 1.89 bits per heavy atom. The summed E-state index contributed by atoms with van der Waals surface area (Å²) in [6.07, 6.45) is 0. The fourth-order valence-corrected chi connectivity index (χ4v) is 5.63. The van der Waals surface area contributed by atoms with Crippen molar-refractivity contribution in [2.75, 3.05) is 16.4 Å². The maximum Gasteiger partial charge on any atom is 0.254 e. The first-order chi connectivity index (χ1) is 17.0. The monoisotopic (exact) mass is 520 g/mol. The van der Waals surface area contributed by atoms with Crippen molar-refractivity contribution in [2.45, 2.75) is 12.8 Å². The molecule has 0 bridgehead atoms. The number of anilines is 2. The molecule has 2 atom stereocenters. The predicted molar refractivity (Wildman–Crippen MR) is 144 cm³/mol. The molecule has 1 aromatic heterocycles. The quantitative estimate of drug-likeness (QED) is 0.397. The third kappa shape index (κ3) is 6.01. The Balaban J connectivity index is 1.59. The molecule has 0 saturated carbocycles. The number of aliphatic imine (C=N–C) groups is 1. The zero-order valence-corrected chi connectivity index (χ0v) is 21.1. The molecule has 1 aliphatic heterocycles. The molecule has 9 heteroatoms. The molecule has 0 radical (unpaired) electrons. The van der Waals surface area contributed by atoms with Gasteiger partial charge in [0.2, 0.25) is 5.91 Å². The smallest absolute Gasteiger partial charge is 0.254 e. The van der Waals surface area contributed by atoms with E-state index >= 15 is 0 Å². The Morgan fingerprint density at radius 1 is 1.11 bits per heavy atom. The lowest BCUT2D eigenvalue weighted by atomic mass is 9.79. The minimum Gasteiger partial charge on any atom is -0.325 e. The highest BCUT2D eigenvalue weighted by Gasteiger charge is 2.39. The molecule has 0 spiro atoms. The molecule has 0 aliphatic carbocycles. The summed E-state index contributed by atoms with van der Waals surface area (Å²) < 4.78 is 0. The van der Waals surface area contributed by atoms with E-state index < -0.39 is 11.8 Å². The standard InChI is InChI=1S/C26H21ClN4O2S2/c1-16-23(25(33)31-19-7-3-2-4-8-19)24(17-10-11-34-14-17)21(13-28)26(29-16)35-15-22(32)30-20-9-5-6-18(27)12-20/h2-12,14,21,24H,15H2,1H3,(H,30,32)(H,31,33).